The summed E-state index contributed by atoms with van der Waals surface area (Å²) in [7, 11) is 0. The van der Waals surface area contributed by atoms with Gasteiger partial charge in [0.2, 0.25) is 0 Å². The molecule has 0 atom stereocenters. The minimum Gasteiger partial charge on any atom is -0.453 e. The van der Waals surface area contributed by atoms with E-state index in [0.717, 1.165) is 77.8 Å². The smallest absolute Gasteiger partial charge is 0.159 e. The Kier molecular flexibility index (Phi) is 12.7. The first-order chi connectivity index (χ1) is 42.2. The van der Waals surface area contributed by atoms with Gasteiger partial charge in [-0.05, 0) is 178 Å². The summed E-state index contributed by atoms with van der Waals surface area (Å²) in [5.74, 6) is 1.53. The number of aryl methyl sites for hydroxylation is 2. The molecule has 2 aromatic heterocycles. The molecule has 2 aliphatic rings. The van der Waals surface area contributed by atoms with Crippen molar-refractivity contribution in [1.82, 2.24) is 0 Å². The molecule has 12 aromatic carbocycles. The average Bonchev–Trinajstić information content (AvgIpc) is 2.00. The first-order valence-electron chi connectivity index (χ1n) is 31.8. The van der Waals surface area contributed by atoms with Crippen LogP contribution >= 0.6 is 0 Å². The Labute approximate surface area is 504 Å². The Morgan fingerprint density at radius 2 is 0.686 bits per heavy atom. The maximum atomic E-state index is 7.43. The third kappa shape index (κ3) is 8.38. The van der Waals surface area contributed by atoms with Crippen molar-refractivity contribution in [3.8, 4) is 22.3 Å². The molecule has 2 aliphatic carbocycles. The fourth-order valence-corrected chi connectivity index (χ4v) is 15.5. The maximum absolute atomic E-state index is 7.43. The second-order valence-electron chi connectivity index (χ2n) is 25.7. The number of fused-ring (bicyclic) bond motifs is 6. The van der Waals surface area contributed by atoms with Crippen LogP contribution in [0.1, 0.15) is 136 Å². The van der Waals surface area contributed by atoms with E-state index < -0.39 is 0 Å². The zero-order valence-electron chi connectivity index (χ0n) is 50.3. The molecule has 2 fully saturated rings. The van der Waals surface area contributed by atoms with E-state index in [9.17, 15) is 0 Å². The monoisotopic (exact) mass is 1120 g/mol. The van der Waals surface area contributed by atoms with Crippen molar-refractivity contribution < 1.29 is 8.83 Å². The molecule has 0 unspecified atom stereocenters. The number of rotatable bonds is 12. The Hall–Kier alpha value is -9.12. The van der Waals surface area contributed by atoms with E-state index in [1.54, 1.807) is 0 Å². The SMILES string of the molecule is Cc1ccccc1-c1cccc2c1oc1c(N(c3cccc(C(C)C)c3)c3cc(C4CCCC4)c4ccc5c(N(c6cccc(C(C)C)c6)c6cccc7c6oc6c(-c8ccccc8C)cccc67)cc(C6CCCC6)c6ccc3c4c65)cccc12. The predicted molar refractivity (Wildman–Crippen MR) is 365 cm³/mol. The van der Waals surface area contributed by atoms with Crippen molar-refractivity contribution in [3.63, 3.8) is 0 Å². The van der Waals surface area contributed by atoms with Gasteiger partial charge in [0.15, 0.2) is 11.2 Å². The van der Waals surface area contributed by atoms with Crippen LogP contribution in [-0.4, -0.2) is 0 Å². The highest BCUT2D eigenvalue weighted by atomic mass is 16.3. The number of furan rings is 2. The van der Waals surface area contributed by atoms with Gasteiger partial charge in [-0.15, -0.1) is 0 Å². The van der Waals surface area contributed by atoms with E-state index in [0.29, 0.717) is 23.7 Å². The van der Waals surface area contributed by atoms with Crippen molar-refractivity contribution in [3.05, 3.63) is 240 Å². The van der Waals surface area contributed by atoms with Crippen LogP contribution in [0.3, 0.4) is 0 Å². The normalized spacial score (nSPS) is 14.4. The Morgan fingerprint density at radius 3 is 1.09 bits per heavy atom. The summed E-state index contributed by atoms with van der Waals surface area (Å²) in [6.45, 7) is 13.6. The van der Waals surface area contributed by atoms with Crippen LogP contribution < -0.4 is 9.80 Å². The Morgan fingerprint density at radius 1 is 0.326 bits per heavy atom. The molecule has 0 saturated heterocycles. The summed E-state index contributed by atoms with van der Waals surface area (Å²) in [4.78, 5) is 5.15. The molecule has 2 saturated carbocycles. The number of para-hydroxylation sites is 4. The highest BCUT2D eigenvalue weighted by Gasteiger charge is 2.32. The molecule has 2 heterocycles. The minimum absolute atomic E-state index is 0.336. The molecule has 14 aromatic rings. The lowest BCUT2D eigenvalue weighted by Gasteiger charge is -2.32. The third-order valence-electron chi connectivity index (χ3n) is 19.9. The molecular formula is C82H72N2O2. The van der Waals surface area contributed by atoms with Crippen molar-refractivity contribution in [2.45, 2.75) is 117 Å². The summed E-state index contributed by atoms with van der Waals surface area (Å²) >= 11 is 0. The maximum Gasteiger partial charge on any atom is 0.159 e. The standard InChI is InChI=1S/C82H72N2O2/c1-49(2)55-27-15-29-57(45-55)83(73-39-19-37-67-65-35-17-33-63(79(65)85-81(67)73)59-31-13-7-21-51(59)5)75-47-71(53-23-9-10-24-53)61-42-44-70-76(48-72(54-25-11-12-26-54)62-41-43-69(75)77(61)78(62)70)84(58-30-16-28-56(46-58)50(3)4)74-40-20-38-68-66-36-18-34-64(80(66)86-82(68)74)60-32-14-8-22-52(60)6/h7-8,13-22,27-50,53-54H,9-12,23-26H2,1-6H3. The fraction of sp³-hybridized carbons (Fsp3) is 0.220. The molecular weight excluding hydrogens is 1040 g/mol. The molecule has 4 nitrogen and oxygen atoms in total. The van der Waals surface area contributed by atoms with Gasteiger partial charge < -0.3 is 18.6 Å². The summed E-state index contributed by atoms with van der Waals surface area (Å²) in [5.41, 5.74) is 22.9. The van der Waals surface area contributed by atoms with Crippen LogP contribution in [0, 0.1) is 13.8 Å². The Balaban J connectivity index is 1.01. The molecule has 0 spiro atoms. The molecule has 422 valence electrons. The van der Waals surface area contributed by atoms with E-state index >= 15 is 0 Å². The summed E-state index contributed by atoms with van der Waals surface area (Å²) in [6.07, 6.45) is 9.68. The minimum atomic E-state index is 0.336. The van der Waals surface area contributed by atoms with Crippen LogP contribution in [0.2, 0.25) is 0 Å². The topological polar surface area (TPSA) is 32.8 Å². The zero-order chi connectivity index (χ0) is 57.9. The van der Waals surface area contributed by atoms with Gasteiger partial charge in [-0.3, -0.25) is 0 Å². The highest BCUT2D eigenvalue weighted by molar-refractivity contribution is 6.30. The van der Waals surface area contributed by atoms with Crippen LogP contribution in [-0.2, 0) is 0 Å². The van der Waals surface area contributed by atoms with Gasteiger partial charge in [0, 0.05) is 54.8 Å². The average molecular weight is 1120 g/mol. The van der Waals surface area contributed by atoms with E-state index in [2.05, 4.69) is 258 Å². The van der Waals surface area contributed by atoms with Crippen molar-refractivity contribution in [2.24, 2.45) is 0 Å². The molecule has 0 N–H and O–H groups in total. The van der Waals surface area contributed by atoms with Gasteiger partial charge in [0.25, 0.3) is 0 Å². The van der Waals surface area contributed by atoms with Gasteiger partial charge in [-0.1, -0.05) is 211 Å². The quantitative estimate of drug-likeness (QED) is 0.114. The molecule has 86 heavy (non-hydrogen) atoms. The van der Waals surface area contributed by atoms with Gasteiger partial charge >= 0.3 is 0 Å². The van der Waals surface area contributed by atoms with Crippen LogP contribution in [0.15, 0.2) is 215 Å². The third-order valence-corrected chi connectivity index (χ3v) is 19.9. The predicted octanol–water partition coefficient (Wildman–Crippen LogP) is 24.8. The summed E-state index contributed by atoms with van der Waals surface area (Å²) in [6, 6.07) is 78.1. The summed E-state index contributed by atoms with van der Waals surface area (Å²) in [5, 5.41) is 12.4. The molecule has 0 aliphatic heterocycles. The Bertz CT molecular complexity index is 4650. The van der Waals surface area contributed by atoms with Gasteiger partial charge in [-0.25, -0.2) is 0 Å². The molecule has 0 radical (unpaired) electrons. The van der Waals surface area contributed by atoms with E-state index in [1.807, 2.05) is 0 Å². The van der Waals surface area contributed by atoms with Crippen molar-refractivity contribution in [2.75, 3.05) is 9.80 Å². The zero-order valence-corrected chi connectivity index (χ0v) is 50.3. The van der Waals surface area contributed by atoms with E-state index in [4.69, 9.17) is 8.83 Å². The fourth-order valence-electron chi connectivity index (χ4n) is 15.5. The first-order valence-corrected chi connectivity index (χ1v) is 31.8. The molecule has 0 amide bonds. The van der Waals surface area contributed by atoms with Gasteiger partial charge in [-0.2, -0.15) is 0 Å². The number of benzene rings is 12. The molecule has 0 bridgehead atoms. The van der Waals surface area contributed by atoms with Gasteiger partial charge in [0.1, 0.15) is 11.2 Å². The number of nitrogens with zero attached hydrogens (tertiary/aromatic N) is 2. The van der Waals surface area contributed by atoms with Crippen LogP contribution in [0.25, 0.3) is 98.4 Å². The van der Waals surface area contributed by atoms with Gasteiger partial charge in [0.05, 0.1) is 22.7 Å². The number of anilines is 6. The van der Waals surface area contributed by atoms with Crippen LogP contribution in [0.4, 0.5) is 34.1 Å². The highest BCUT2D eigenvalue weighted by Crippen LogP contribution is 2.56. The largest absolute Gasteiger partial charge is 0.453 e. The van der Waals surface area contributed by atoms with Crippen molar-refractivity contribution in [1.29, 1.82) is 0 Å². The lowest BCUT2D eigenvalue weighted by atomic mass is 9.82. The van der Waals surface area contributed by atoms with E-state index in [-0.39, 0.29) is 0 Å². The lowest BCUT2D eigenvalue weighted by Crippen LogP contribution is -2.14. The number of hydrogen-bond acceptors (Lipinski definition) is 4. The molecule has 4 heteroatoms. The lowest BCUT2D eigenvalue weighted by molar-refractivity contribution is 0.669. The second-order valence-corrected chi connectivity index (χ2v) is 25.7. The molecule has 16 rings (SSSR count). The van der Waals surface area contributed by atoms with Crippen molar-refractivity contribution >= 4 is 110 Å². The summed E-state index contributed by atoms with van der Waals surface area (Å²) < 4.78 is 14.9. The van der Waals surface area contributed by atoms with Crippen LogP contribution in [0.5, 0.6) is 0 Å². The first kappa shape index (κ1) is 52.4. The van der Waals surface area contributed by atoms with E-state index in [1.165, 1.54) is 140 Å². The number of hydrogen-bond donors (Lipinski definition) is 0. The second kappa shape index (κ2) is 20.8.